The second-order valence-corrected chi connectivity index (χ2v) is 8.10. The first-order chi connectivity index (χ1) is 15.1. The maximum absolute atomic E-state index is 12.5. The van der Waals surface area contributed by atoms with Gasteiger partial charge in [-0.15, -0.1) is 0 Å². The van der Waals surface area contributed by atoms with E-state index in [-0.39, 0.29) is 18.4 Å². The van der Waals surface area contributed by atoms with E-state index >= 15 is 0 Å². The number of nitrogens with zero attached hydrogens (tertiary/aromatic N) is 2. The van der Waals surface area contributed by atoms with Gasteiger partial charge in [-0.3, -0.25) is 14.5 Å². The van der Waals surface area contributed by atoms with Crippen molar-refractivity contribution in [3.8, 4) is 0 Å². The molecule has 0 aromatic heterocycles. The van der Waals surface area contributed by atoms with Crippen LogP contribution in [0.3, 0.4) is 0 Å². The molecule has 4 rings (SSSR count). The molecule has 7 nitrogen and oxygen atoms in total. The SMILES string of the molecule is O=C(NC[C@H](O)CN1CCc2ccccc2C1)c1ccc(C(=O)N2CCOCC2)cc1. The van der Waals surface area contributed by atoms with E-state index in [1.54, 1.807) is 29.2 Å². The number of nitrogens with one attached hydrogen (secondary N) is 1. The second kappa shape index (κ2) is 10.0. The van der Waals surface area contributed by atoms with Gasteiger partial charge in [-0.1, -0.05) is 24.3 Å². The lowest BCUT2D eigenvalue weighted by atomic mass is 10.00. The van der Waals surface area contributed by atoms with Gasteiger partial charge in [0.25, 0.3) is 11.8 Å². The van der Waals surface area contributed by atoms with Crippen LogP contribution in [0.5, 0.6) is 0 Å². The highest BCUT2D eigenvalue weighted by molar-refractivity contribution is 5.97. The zero-order valence-corrected chi connectivity index (χ0v) is 17.6. The molecule has 0 saturated carbocycles. The van der Waals surface area contributed by atoms with Crippen molar-refractivity contribution < 1.29 is 19.4 Å². The molecule has 0 aliphatic carbocycles. The van der Waals surface area contributed by atoms with Crippen LogP contribution in [0, 0.1) is 0 Å². The number of amides is 2. The van der Waals surface area contributed by atoms with E-state index in [9.17, 15) is 14.7 Å². The first-order valence-corrected chi connectivity index (χ1v) is 10.8. The molecule has 2 N–H and O–H groups in total. The van der Waals surface area contributed by atoms with Gasteiger partial charge >= 0.3 is 0 Å². The van der Waals surface area contributed by atoms with E-state index in [1.165, 1.54) is 11.1 Å². The van der Waals surface area contributed by atoms with Crippen LogP contribution in [0.2, 0.25) is 0 Å². The first-order valence-electron chi connectivity index (χ1n) is 10.8. The van der Waals surface area contributed by atoms with Crippen molar-refractivity contribution in [2.24, 2.45) is 0 Å². The molecule has 0 bridgehead atoms. The Hall–Kier alpha value is -2.74. The molecule has 2 heterocycles. The minimum absolute atomic E-state index is 0.0474. The Labute approximate surface area is 182 Å². The summed E-state index contributed by atoms with van der Waals surface area (Å²) in [5, 5.41) is 13.2. The summed E-state index contributed by atoms with van der Waals surface area (Å²) >= 11 is 0. The third kappa shape index (κ3) is 5.50. The van der Waals surface area contributed by atoms with E-state index in [4.69, 9.17) is 4.74 Å². The maximum atomic E-state index is 12.5. The molecule has 164 valence electrons. The molecular weight excluding hydrogens is 394 g/mol. The van der Waals surface area contributed by atoms with Gasteiger partial charge in [-0.2, -0.15) is 0 Å². The topological polar surface area (TPSA) is 82.1 Å². The van der Waals surface area contributed by atoms with E-state index in [0.29, 0.717) is 44.0 Å². The smallest absolute Gasteiger partial charge is 0.254 e. The second-order valence-electron chi connectivity index (χ2n) is 8.10. The minimum atomic E-state index is -0.642. The van der Waals surface area contributed by atoms with Crippen LogP contribution in [0.1, 0.15) is 31.8 Å². The van der Waals surface area contributed by atoms with Crippen molar-refractivity contribution in [1.82, 2.24) is 15.1 Å². The predicted molar refractivity (Wildman–Crippen MR) is 117 cm³/mol. The van der Waals surface area contributed by atoms with Gasteiger partial charge in [0.05, 0.1) is 19.3 Å². The van der Waals surface area contributed by atoms with Gasteiger partial charge in [0.2, 0.25) is 0 Å². The molecule has 2 aliphatic heterocycles. The van der Waals surface area contributed by atoms with Crippen molar-refractivity contribution in [3.63, 3.8) is 0 Å². The van der Waals surface area contributed by atoms with Crippen LogP contribution in [0.25, 0.3) is 0 Å². The summed E-state index contributed by atoms with van der Waals surface area (Å²) < 4.78 is 5.28. The third-order valence-electron chi connectivity index (χ3n) is 5.87. The summed E-state index contributed by atoms with van der Waals surface area (Å²) in [6.07, 6.45) is 0.335. The molecule has 2 aliphatic rings. The highest BCUT2D eigenvalue weighted by Gasteiger charge is 2.20. The van der Waals surface area contributed by atoms with Crippen LogP contribution in [0.4, 0.5) is 0 Å². The normalized spacial score (nSPS) is 17.6. The molecule has 2 aromatic rings. The van der Waals surface area contributed by atoms with Crippen LogP contribution >= 0.6 is 0 Å². The Bertz CT molecular complexity index is 909. The number of carbonyl (C=O) groups excluding carboxylic acids is 2. The number of aliphatic hydroxyl groups excluding tert-OH is 1. The fraction of sp³-hybridized carbons (Fsp3) is 0.417. The largest absolute Gasteiger partial charge is 0.390 e. The quantitative estimate of drug-likeness (QED) is 0.732. The molecule has 2 amide bonds. The average molecular weight is 424 g/mol. The number of β-amino-alcohol motifs (C(OH)–C–C–N with tert-alkyl or cyclic N) is 1. The standard InChI is InChI=1S/C24H29N3O4/c28-22(17-26-10-9-18-3-1-2-4-21(18)16-26)15-25-23(29)19-5-7-20(8-6-19)24(30)27-11-13-31-14-12-27/h1-8,22,28H,9-17H2,(H,25,29)/t22-/m0/s1. The van der Waals surface area contributed by atoms with Crippen molar-refractivity contribution in [1.29, 1.82) is 0 Å². The van der Waals surface area contributed by atoms with Crippen LogP contribution in [-0.2, 0) is 17.7 Å². The monoisotopic (exact) mass is 423 g/mol. The minimum Gasteiger partial charge on any atom is -0.390 e. The number of hydrogen-bond donors (Lipinski definition) is 2. The molecule has 0 spiro atoms. The molecule has 1 fully saturated rings. The highest BCUT2D eigenvalue weighted by atomic mass is 16.5. The Morgan fingerprint density at radius 2 is 1.65 bits per heavy atom. The van der Waals surface area contributed by atoms with Crippen LogP contribution in [-0.4, -0.2) is 78.8 Å². The molecule has 1 saturated heterocycles. The lowest BCUT2D eigenvalue weighted by molar-refractivity contribution is 0.0303. The Morgan fingerprint density at radius 1 is 0.968 bits per heavy atom. The Kier molecular flexibility index (Phi) is 6.96. The van der Waals surface area contributed by atoms with E-state index in [1.807, 2.05) is 6.07 Å². The lowest BCUT2D eigenvalue weighted by Crippen LogP contribution is -2.42. The zero-order chi connectivity index (χ0) is 21.6. The summed E-state index contributed by atoms with van der Waals surface area (Å²) in [4.78, 5) is 28.9. The van der Waals surface area contributed by atoms with Crippen molar-refractivity contribution in [3.05, 3.63) is 70.8 Å². The number of fused-ring (bicyclic) bond motifs is 1. The maximum Gasteiger partial charge on any atom is 0.254 e. The predicted octanol–water partition coefficient (Wildman–Crippen LogP) is 1.31. The van der Waals surface area contributed by atoms with Crippen molar-refractivity contribution >= 4 is 11.8 Å². The van der Waals surface area contributed by atoms with Gasteiger partial charge in [0.15, 0.2) is 0 Å². The van der Waals surface area contributed by atoms with Gasteiger partial charge in [0.1, 0.15) is 0 Å². The lowest BCUT2D eigenvalue weighted by Gasteiger charge is -2.30. The fourth-order valence-electron chi connectivity index (χ4n) is 4.10. The first kappa shape index (κ1) is 21.5. The van der Waals surface area contributed by atoms with Crippen molar-refractivity contribution in [2.75, 3.05) is 45.9 Å². The zero-order valence-electron chi connectivity index (χ0n) is 17.6. The van der Waals surface area contributed by atoms with E-state index in [2.05, 4.69) is 28.4 Å². The number of hydrogen-bond acceptors (Lipinski definition) is 5. The highest BCUT2D eigenvalue weighted by Crippen LogP contribution is 2.18. The van der Waals surface area contributed by atoms with Gasteiger partial charge in [0, 0.05) is 50.4 Å². The van der Waals surface area contributed by atoms with Gasteiger partial charge in [-0.25, -0.2) is 0 Å². The fourth-order valence-corrected chi connectivity index (χ4v) is 4.10. The number of benzene rings is 2. The summed E-state index contributed by atoms with van der Waals surface area (Å²) in [6, 6.07) is 15.0. The molecule has 1 atom stereocenters. The Morgan fingerprint density at radius 3 is 2.39 bits per heavy atom. The van der Waals surface area contributed by atoms with Crippen LogP contribution in [0.15, 0.2) is 48.5 Å². The number of rotatable bonds is 6. The summed E-state index contributed by atoms with van der Waals surface area (Å²) in [7, 11) is 0. The molecule has 7 heteroatoms. The molecular formula is C24H29N3O4. The third-order valence-corrected chi connectivity index (χ3v) is 5.87. The number of ether oxygens (including phenoxy) is 1. The molecule has 2 aromatic carbocycles. The molecule has 0 radical (unpaired) electrons. The number of aliphatic hydroxyl groups is 1. The van der Waals surface area contributed by atoms with E-state index in [0.717, 1.165) is 19.5 Å². The summed E-state index contributed by atoms with van der Waals surface area (Å²) in [5.41, 5.74) is 3.70. The molecule has 0 unspecified atom stereocenters. The summed E-state index contributed by atoms with van der Waals surface area (Å²) in [6.45, 7) is 4.70. The average Bonchev–Trinajstić information content (AvgIpc) is 2.82. The number of morpholine rings is 1. The van der Waals surface area contributed by atoms with E-state index < -0.39 is 6.10 Å². The Balaban J connectivity index is 1.24. The van der Waals surface area contributed by atoms with Crippen molar-refractivity contribution in [2.45, 2.75) is 19.1 Å². The van der Waals surface area contributed by atoms with Gasteiger partial charge in [-0.05, 0) is 41.8 Å². The molecule has 31 heavy (non-hydrogen) atoms. The van der Waals surface area contributed by atoms with Crippen LogP contribution < -0.4 is 5.32 Å². The number of carbonyl (C=O) groups is 2. The summed E-state index contributed by atoms with van der Waals surface area (Å²) in [5.74, 6) is -0.304. The van der Waals surface area contributed by atoms with Gasteiger partial charge < -0.3 is 20.1 Å².